The van der Waals surface area contributed by atoms with Crippen molar-refractivity contribution < 1.29 is 14.4 Å². The zero-order valence-corrected chi connectivity index (χ0v) is 19.3. The minimum Gasteiger partial charge on any atom is -0.366 e. The molecule has 0 atom stereocenters. The molecule has 0 aliphatic carbocycles. The van der Waals surface area contributed by atoms with Crippen molar-refractivity contribution in [3.63, 3.8) is 0 Å². The van der Waals surface area contributed by atoms with E-state index in [1.807, 2.05) is 25.2 Å². The van der Waals surface area contributed by atoms with Crippen molar-refractivity contribution in [1.29, 1.82) is 0 Å². The van der Waals surface area contributed by atoms with E-state index in [0.29, 0.717) is 11.3 Å². The lowest BCUT2D eigenvalue weighted by Crippen LogP contribution is -2.54. The van der Waals surface area contributed by atoms with Gasteiger partial charge >= 0.3 is 6.03 Å². The standard InChI is InChI=1S/C24H22BrN3O3/c1-14-13-24(2,3)27(4)20-9-8-15(10-18(14)20)11-19-21(29)26-23(31)28(22(19)30)17-7-5-6-16(25)12-17/h5-13H,1-4H3,(H,26,29,31)/b19-11-. The maximum absolute atomic E-state index is 13.1. The van der Waals surface area contributed by atoms with Crippen LogP contribution < -0.4 is 15.1 Å². The fourth-order valence-electron chi connectivity index (χ4n) is 3.94. The molecule has 4 amide bonds. The lowest BCUT2D eigenvalue weighted by Gasteiger charge is -2.40. The summed E-state index contributed by atoms with van der Waals surface area (Å²) in [6, 6.07) is 11.9. The quantitative estimate of drug-likeness (QED) is 0.498. The molecule has 7 heteroatoms. The first-order valence-corrected chi connectivity index (χ1v) is 10.6. The average molecular weight is 480 g/mol. The van der Waals surface area contributed by atoms with Crippen molar-refractivity contribution in [2.45, 2.75) is 26.3 Å². The van der Waals surface area contributed by atoms with Crippen LogP contribution in [0.5, 0.6) is 0 Å². The number of hydrogen-bond donors (Lipinski definition) is 1. The van der Waals surface area contributed by atoms with Crippen LogP contribution in [0.15, 0.2) is 58.6 Å². The molecule has 0 spiro atoms. The van der Waals surface area contributed by atoms with E-state index in [1.54, 1.807) is 24.3 Å². The molecule has 0 radical (unpaired) electrons. The zero-order chi connectivity index (χ0) is 22.5. The van der Waals surface area contributed by atoms with Crippen LogP contribution in [0.25, 0.3) is 11.6 Å². The molecule has 1 N–H and O–H groups in total. The predicted molar refractivity (Wildman–Crippen MR) is 126 cm³/mol. The number of carbonyl (C=O) groups excluding carboxylic acids is 3. The Labute approximate surface area is 189 Å². The van der Waals surface area contributed by atoms with Crippen molar-refractivity contribution in [1.82, 2.24) is 5.32 Å². The molecule has 158 valence electrons. The van der Waals surface area contributed by atoms with Crippen LogP contribution in [0.1, 0.15) is 31.9 Å². The highest BCUT2D eigenvalue weighted by Crippen LogP contribution is 2.38. The monoisotopic (exact) mass is 479 g/mol. The Bertz CT molecular complexity index is 1200. The van der Waals surface area contributed by atoms with Crippen LogP contribution in [0, 0.1) is 0 Å². The van der Waals surface area contributed by atoms with E-state index in [1.165, 1.54) is 6.08 Å². The summed E-state index contributed by atoms with van der Waals surface area (Å²) in [5.74, 6) is -1.36. The molecule has 1 saturated heterocycles. The Hall–Kier alpha value is -3.19. The van der Waals surface area contributed by atoms with Gasteiger partial charge in [0.1, 0.15) is 5.57 Å². The molecule has 2 aromatic rings. The maximum Gasteiger partial charge on any atom is 0.335 e. The second-order valence-electron chi connectivity index (χ2n) is 8.25. The number of likely N-dealkylation sites (N-methyl/N-ethyl adjacent to an activating group) is 1. The van der Waals surface area contributed by atoms with Gasteiger partial charge in [-0.2, -0.15) is 0 Å². The highest BCUT2D eigenvalue weighted by atomic mass is 79.9. The van der Waals surface area contributed by atoms with Crippen molar-refractivity contribution in [2.75, 3.05) is 16.8 Å². The van der Waals surface area contributed by atoms with Gasteiger partial charge in [0.05, 0.1) is 11.2 Å². The summed E-state index contributed by atoms with van der Waals surface area (Å²) in [4.78, 5) is 41.1. The first kappa shape index (κ1) is 21.1. The summed E-state index contributed by atoms with van der Waals surface area (Å²) >= 11 is 3.34. The van der Waals surface area contributed by atoms with Crippen molar-refractivity contribution in [3.05, 3.63) is 69.7 Å². The molecule has 2 aliphatic rings. The molecular formula is C24H22BrN3O3. The third kappa shape index (κ3) is 3.70. The maximum atomic E-state index is 13.1. The normalized spacial score (nSPS) is 19.3. The van der Waals surface area contributed by atoms with Crippen LogP contribution >= 0.6 is 15.9 Å². The number of nitrogens with one attached hydrogen (secondary N) is 1. The number of amides is 4. The van der Waals surface area contributed by atoms with Crippen LogP contribution in [0.3, 0.4) is 0 Å². The molecule has 0 unspecified atom stereocenters. The van der Waals surface area contributed by atoms with E-state index in [0.717, 1.165) is 26.2 Å². The van der Waals surface area contributed by atoms with Crippen LogP contribution in [0.2, 0.25) is 0 Å². The molecule has 1 fully saturated rings. The largest absolute Gasteiger partial charge is 0.366 e. The molecule has 2 heterocycles. The van der Waals surface area contributed by atoms with E-state index >= 15 is 0 Å². The number of urea groups is 1. The molecule has 2 aromatic carbocycles. The van der Waals surface area contributed by atoms with E-state index in [-0.39, 0.29) is 11.1 Å². The summed E-state index contributed by atoms with van der Waals surface area (Å²) in [6.45, 7) is 6.35. The van der Waals surface area contributed by atoms with Gasteiger partial charge in [-0.3, -0.25) is 14.9 Å². The van der Waals surface area contributed by atoms with Gasteiger partial charge in [0.25, 0.3) is 11.8 Å². The number of carbonyl (C=O) groups is 3. The number of benzene rings is 2. The van der Waals surface area contributed by atoms with Gasteiger partial charge in [-0.1, -0.05) is 34.1 Å². The Kier molecular flexibility index (Phi) is 5.09. The molecule has 0 bridgehead atoms. The second kappa shape index (κ2) is 7.50. The van der Waals surface area contributed by atoms with Gasteiger partial charge in [-0.25, -0.2) is 9.69 Å². The van der Waals surface area contributed by atoms with E-state index in [4.69, 9.17) is 0 Å². The predicted octanol–water partition coefficient (Wildman–Crippen LogP) is 4.75. The van der Waals surface area contributed by atoms with Gasteiger partial charge in [-0.05, 0) is 68.3 Å². The summed E-state index contributed by atoms with van der Waals surface area (Å²) in [5, 5.41) is 2.26. The van der Waals surface area contributed by atoms with E-state index < -0.39 is 17.8 Å². The fraction of sp³-hybridized carbons (Fsp3) is 0.208. The van der Waals surface area contributed by atoms with Crippen LogP contribution in [-0.2, 0) is 9.59 Å². The minimum atomic E-state index is -0.765. The minimum absolute atomic E-state index is 0.0920. The highest BCUT2D eigenvalue weighted by Gasteiger charge is 2.37. The van der Waals surface area contributed by atoms with Crippen molar-refractivity contribution in [3.8, 4) is 0 Å². The third-order valence-corrected chi connectivity index (χ3v) is 6.21. The Morgan fingerprint density at radius 2 is 1.81 bits per heavy atom. The zero-order valence-electron chi connectivity index (χ0n) is 17.7. The van der Waals surface area contributed by atoms with Crippen molar-refractivity contribution >= 4 is 56.8 Å². The lowest BCUT2D eigenvalue weighted by molar-refractivity contribution is -0.122. The highest BCUT2D eigenvalue weighted by molar-refractivity contribution is 9.10. The number of allylic oxidation sites excluding steroid dienone is 1. The fourth-order valence-corrected chi connectivity index (χ4v) is 4.33. The molecule has 2 aliphatic heterocycles. The third-order valence-electron chi connectivity index (χ3n) is 5.72. The summed E-state index contributed by atoms with van der Waals surface area (Å²) in [7, 11) is 2.04. The Morgan fingerprint density at radius 3 is 2.52 bits per heavy atom. The first-order valence-electron chi connectivity index (χ1n) is 9.83. The van der Waals surface area contributed by atoms with E-state index in [2.05, 4.69) is 53.0 Å². The molecule has 4 rings (SSSR count). The lowest BCUT2D eigenvalue weighted by atomic mass is 9.88. The summed E-state index contributed by atoms with van der Waals surface area (Å²) in [5.41, 5.74) is 4.14. The SMILES string of the molecule is CC1=CC(C)(C)N(C)c2ccc(/C=C3/C(=O)NC(=O)N(c4cccc(Br)c4)C3=O)cc21. The van der Waals surface area contributed by atoms with Crippen LogP contribution in [0.4, 0.5) is 16.2 Å². The van der Waals surface area contributed by atoms with E-state index in [9.17, 15) is 14.4 Å². The Morgan fingerprint density at radius 1 is 1.06 bits per heavy atom. The first-order chi connectivity index (χ1) is 14.6. The number of rotatable bonds is 2. The molecule has 0 aromatic heterocycles. The number of hydrogen-bond acceptors (Lipinski definition) is 4. The van der Waals surface area contributed by atoms with Crippen molar-refractivity contribution in [2.24, 2.45) is 0 Å². The number of barbiturate groups is 1. The number of halogens is 1. The number of fused-ring (bicyclic) bond motifs is 1. The van der Waals surface area contributed by atoms with Gasteiger partial charge in [0, 0.05) is 22.8 Å². The van der Waals surface area contributed by atoms with Gasteiger partial charge in [0.2, 0.25) is 0 Å². The van der Waals surface area contributed by atoms with Gasteiger partial charge < -0.3 is 4.90 Å². The smallest absolute Gasteiger partial charge is 0.335 e. The topological polar surface area (TPSA) is 69.7 Å². The molecule has 31 heavy (non-hydrogen) atoms. The molecule has 6 nitrogen and oxygen atoms in total. The Balaban J connectivity index is 1.75. The average Bonchev–Trinajstić information content (AvgIpc) is 2.69. The summed E-state index contributed by atoms with van der Waals surface area (Å²) in [6.07, 6.45) is 3.72. The number of anilines is 2. The van der Waals surface area contributed by atoms with Gasteiger partial charge in [-0.15, -0.1) is 0 Å². The number of nitrogens with zero attached hydrogens (tertiary/aromatic N) is 2. The summed E-state index contributed by atoms with van der Waals surface area (Å²) < 4.78 is 0.719. The number of imide groups is 2. The molecule has 0 saturated carbocycles. The molecular weight excluding hydrogens is 458 g/mol. The van der Waals surface area contributed by atoms with Gasteiger partial charge in [0.15, 0.2) is 0 Å². The van der Waals surface area contributed by atoms with Crippen LogP contribution in [-0.4, -0.2) is 30.4 Å². The second-order valence-corrected chi connectivity index (χ2v) is 9.17.